The molecule has 146 valence electrons. The van der Waals surface area contributed by atoms with Crippen molar-refractivity contribution in [2.75, 3.05) is 33.9 Å². The third kappa shape index (κ3) is 7.55. The molecule has 0 spiro atoms. The lowest BCUT2D eigenvalue weighted by atomic mass is 9.88. The van der Waals surface area contributed by atoms with Crippen LogP contribution >= 0.6 is 0 Å². The fraction of sp³-hybridized carbons (Fsp3) is 0.714. The molecule has 0 amide bonds. The van der Waals surface area contributed by atoms with E-state index in [2.05, 4.69) is 60.8 Å². The molecule has 0 heterocycles. The van der Waals surface area contributed by atoms with E-state index >= 15 is 0 Å². The van der Waals surface area contributed by atoms with E-state index in [-0.39, 0.29) is 18.1 Å². The Balaban J connectivity index is 0.00000576. The first-order valence-electron chi connectivity index (χ1n) is 9.37. The highest BCUT2D eigenvalue weighted by Crippen LogP contribution is 2.37. The molecule has 0 saturated heterocycles. The second kappa shape index (κ2) is 11.1. The quantitative estimate of drug-likeness (QED) is 0.336. The van der Waals surface area contributed by atoms with Crippen LogP contribution in [-0.4, -0.2) is 44.1 Å². The second-order valence-corrected chi connectivity index (χ2v) is 8.16. The summed E-state index contributed by atoms with van der Waals surface area (Å²) in [6.45, 7) is 13.7. The van der Waals surface area contributed by atoms with Crippen molar-refractivity contribution in [1.29, 1.82) is 0 Å². The maximum absolute atomic E-state index is 6.74. The Morgan fingerprint density at radius 2 is 1.48 bits per heavy atom. The lowest BCUT2D eigenvalue weighted by molar-refractivity contribution is -0.965. The number of nitrogens with zero attached hydrogens (tertiary/aromatic N) is 1. The molecule has 1 rings (SSSR count). The summed E-state index contributed by atoms with van der Waals surface area (Å²) in [6, 6.07) is 10.3. The summed E-state index contributed by atoms with van der Waals surface area (Å²) in [7, 11) is 4.57. The van der Waals surface area contributed by atoms with Gasteiger partial charge in [-0.1, -0.05) is 45.9 Å². The molecule has 0 unspecified atom stereocenters. The minimum Gasteiger partial charge on any atom is -1.00 e. The molecule has 4 heteroatoms. The van der Waals surface area contributed by atoms with Gasteiger partial charge in [-0.15, -0.1) is 0 Å². The van der Waals surface area contributed by atoms with Gasteiger partial charge < -0.3 is 21.9 Å². The van der Waals surface area contributed by atoms with Crippen LogP contribution in [0.1, 0.15) is 47.5 Å². The van der Waals surface area contributed by atoms with Gasteiger partial charge in [0.15, 0.2) is 0 Å². The van der Waals surface area contributed by atoms with Crippen LogP contribution in [0.3, 0.4) is 0 Å². The monoisotopic (exact) mass is 371 g/mol. The highest BCUT2D eigenvalue weighted by molar-refractivity contribution is 5.21. The van der Waals surface area contributed by atoms with Gasteiger partial charge in [-0.25, -0.2) is 0 Å². The molecule has 1 aromatic rings. The molecule has 0 saturated carbocycles. The Kier molecular flexibility index (Phi) is 10.7. The van der Waals surface area contributed by atoms with Gasteiger partial charge in [-0.2, -0.15) is 0 Å². The minimum atomic E-state index is -0.249. The average Bonchev–Trinajstić information content (AvgIpc) is 2.46. The number of hydrogen-bond acceptors (Lipinski definition) is 2. The van der Waals surface area contributed by atoms with Gasteiger partial charge in [0.05, 0.1) is 20.7 Å². The molecule has 0 aromatic heterocycles. The summed E-state index contributed by atoms with van der Waals surface area (Å²) in [5.41, 5.74) is -0.249. The maximum atomic E-state index is 6.74. The van der Waals surface area contributed by atoms with E-state index in [1.807, 2.05) is 18.2 Å². The summed E-state index contributed by atoms with van der Waals surface area (Å²) < 4.78 is 13.2. The average molecular weight is 372 g/mol. The predicted octanol–water partition coefficient (Wildman–Crippen LogP) is 1.97. The van der Waals surface area contributed by atoms with E-state index < -0.39 is 0 Å². The molecule has 0 aliphatic heterocycles. The fourth-order valence-corrected chi connectivity index (χ4v) is 3.41. The third-order valence-electron chi connectivity index (χ3n) is 4.61. The van der Waals surface area contributed by atoms with Crippen LogP contribution in [0.25, 0.3) is 0 Å². The SMILES string of the molecule is CCOCC[N+](C)(C)C(CC(C)C)(CC(C)C)Oc1ccccc1.[Cl-]. The first-order valence-corrected chi connectivity index (χ1v) is 9.37. The summed E-state index contributed by atoms with van der Waals surface area (Å²) in [5.74, 6) is 2.09. The number of para-hydroxylation sites is 1. The van der Waals surface area contributed by atoms with Crippen molar-refractivity contribution in [3.8, 4) is 5.75 Å². The number of halogens is 1. The molecule has 0 aliphatic rings. The van der Waals surface area contributed by atoms with Gasteiger partial charge in [0.1, 0.15) is 12.3 Å². The molecule has 0 atom stereocenters. The van der Waals surface area contributed by atoms with Crippen molar-refractivity contribution in [2.24, 2.45) is 11.8 Å². The molecule has 0 N–H and O–H groups in total. The summed E-state index contributed by atoms with van der Waals surface area (Å²) in [5, 5.41) is 0. The Labute approximate surface area is 161 Å². The minimum absolute atomic E-state index is 0. The molecule has 25 heavy (non-hydrogen) atoms. The number of quaternary nitrogens is 1. The van der Waals surface area contributed by atoms with Crippen molar-refractivity contribution in [3.05, 3.63) is 30.3 Å². The molecule has 0 fully saturated rings. The molecule has 3 nitrogen and oxygen atoms in total. The van der Waals surface area contributed by atoms with E-state index in [0.29, 0.717) is 11.8 Å². The van der Waals surface area contributed by atoms with Crippen LogP contribution in [0.5, 0.6) is 5.75 Å². The lowest BCUT2D eigenvalue weighted by Gasteiger charge is -2.49. The first-order chi connectivity index (χ1) is 11.2. The van der Waals surface area contributed by atoms with Gasteiger partial charge >= 0.3 is 0 Å². The molecule has 1 aromatic carbocycles. The van der Waals surface area contributed by atoms with E-state index in [4.69, 9.17) is 9.47 Å². The number of rotatable bonds is 11. The van der Waals surface area contributed by atoms with Crippen molar-refractivity contribution >= 4 is 0 Å². The molecule has 0 radical (unpaired) electrons. The van der Waals surface area contributed by atoms with Crippen LogP contribution in [0.2, 0.25) is 0 Å². The molecular formula is C21H38ClNO2. The number of benzene rings is 1. The van der Waals surface area contributed by atoms with Gasteiger partial charge in [0.2, 0.25) is 5.72 Å². The number of likely N-dealkylation sites (N-methyl/N-ethyl adjacent to an activating group) is 1. The van der Waals surface area contributed by atoms with Gasteiger partial charge in [0.25, 0.3) is 0 Å². The lowest BCUT2D eigenvalue weighted by Crippen LogP contribution is -3.00. The van der Waals surface area contributed by atoms with Crippen LogP contribution < -0.4 is 17.1 Å². The van der Waals surface area contributed by atoms with E-state index in [0.717, 1.165) is 42.8 Å². The Morgan fingerprint density at radius 3 is 1.92 bits per heavy atom. The number of hydrogen-bond donors (Lipinski definition) is 0. The predicted molar refractivity (Wildman–Crippen MR) is 102 cm³/mol. The Hall–Kier alpha value is -0.770. The second-order valence-electron chi connectivity index (χ2n) is 8.16. The van der Waals surface area contributed by atoms with E-state index in [9.17, 15) is 0 Å². The summed E-state index contributed by atoms with van der Waals surface area (Å²) in [4.78, 5) is 0. The third-order valence-corrected chi connectivity index (χ3v) is 4.61. The van der Waals surface area contributed by atoms with E-state index in [1.165, 1.54) is 0 Å². The molecule has 0 bridgehead atoms. The van der Waals surface area contributed by atoms with Gasteiger partial charge in [0, 0.05) is 19.4 Å². The van der Waals surface area contributed by atoms with Crippen molar-refractivity contribution in [3.63, 3.8) is 0 Å². The summed E-state index contributed by atoms with van der Waals surface area (Å²) in [6.07, 6.45) is 2.05. The zero-order valence-electron chi connectivity index (χ0n) is 17.2. The standard InChI is InChI=1S/C21H38NO2.ClH/c1-8-23-15-14-22(6,7)21(16-18(2)3,17-19(4)5)24-20-12-10-9-11-13-20;/h9-13,18-19H,8,14-17H2,1-7H3;1H/q+1;/p-1. The fourth-order valence-electron chi connectivity index (χ4n) is 3.41. The normalized spacial score (nSPS) is 12.4. The van der Waals surface area contributed by atoms with Crippen LogP contribution in [0.4, 0.5) is 0 Å². The van der Waals surface area contributed by atoms with Crippen LogP contribution in [0, 0.1) is 11.8 Å². The van der Waals surface area contributed by atoms with Crippen molar-refractivity contribution in [1.82, 2.24) is 0 Å². The maximum Gasteiger partial charge on any atom is 0.243 e. The zero-order chi connectivity index (χ0) is 18.2. The van der Waals surface area contributed by atoms with E-state index in [1.54, 1.807) is 0 Å². The summed E-state index contributed by atoms with van der Waals surface area (Å²) >= 11 is 0. The highest BCUT2D eigenvalue weighted by atomic mass is 35.5. The van der Waals surface area contributed by atoms with Crippen LogP contribution in [0.15, 0.2) is 30.3 Å². The highest BCUT2D eigenvalue weighted by Gasteiger charge is 2.48. The topological polar surface area (TPSA) is 18.5 Å². The zero-order valence-corrected chi connectivity index (χ0v) is 18.0. The van der Waals surface area contributed by atoms with Gasteiger partial charge in [-0.05, 0) is 30.9 Å². The largest absolute Gasteiger partial charge is 1.00 e. The smallest absolute Gasteiger partial charge is 0.243 e. The number of ether oxygens (including phenoxy) is 2. The first kappa shape index (κ1) is 24.2. The molecule has 0 aliphatic carbocycles. The Morgan fingerprint density at radius 1 is 0.960 bits per heavy atom. The van der Waals surface area contributed by atoms with Crippen molar-refractivity contribution < 1.29 is 26.4 Å². The Bertz CT molecular complexity index is 450. The van der Waals surface area contributed by atoms with Crippen molar-refractivity contribution in [2.45, 2.75) is 53.2 Å². The molecular weight excluding hydrogens is 334 g/mol. The van der Waals surface area contributed by atoms with Crippen LogP contribution in [-0.2, 0) is 4.74 Å². The van der Waals surface area contributed by atoms with Gasteiger partial charge in [-0.3, -0.25) is 4.48 Å².